The van der Waals surface area contributed by atoms with E-state index in [4.69, 9.17) is 4.74 Å². The Morgan fingerprint density at radius 3 is 3.00 bits per heavy atom. The van der Waals surface area contributed by atoms with Gasteiger partial charge >= 0.3 is 0 Å². The summed E-state index contributed by atoms with van der Waals surface area (Å²) in [6, 6.07) is 0.599. The van der Waals surface area contributed by atoms with Crippen LogP contribution in [0, 0.1) is 0 Å². The van der Waals surface area contributed by atoms with Crippen molar-refractivity contribution in [3.05, 3.63) is 0 Å². The first-order valence-electron chi connectivity index (χ1n) is 5.82. The second-order valence-electron chi connectivity index (χ2n) is 4.34. The SMILES string of the molecule is CCCC1CN=C(NC2CC(OC)C2)S1. The van der Waals surface area contributed by atoms with Gasteiger partial charge in [-0.25, -0.2) is 0 Å². The quantitative estimate of drug-likeness (QED) is 0.799. The van der Waals surface area contributed by atoms with Gasteiger partial charge < -0.3 is 10.1 Å². The largest absolute Gasteiger partial charge is 0.381 e. The Morgan fingerprint density at radius 2 is 2.33 bits per heavy atom. The van der Waals surface area contributed by atoms with Crippen molar-refractivity contribution in [2.75, 3.05) is 13.7 Å². The average molecular weight is 228 g/mol. The smallest absolute Gasteiger partial charge is 0.157 e. The molecule has 2 rings (SSSR count). The van der Waals surface area contributed by atoms with E-state index in [9.17, 15) is 0 Å². The molecule has 1 saturated carbocycles. The molecule has 1 N–H and O–H groups in total. The molecule has 15 heavy (non-hydrogen) atoms. The molecular weight excluding hydrogens is 208 g/mol. The lowest BCUT2D eigenvalue weighted by molar-refractivity contribution is 0.0228. The summed E-state index contributed by atoms with van der Waals surface area (Å²) in [6.45, 7) is 3.24. The fraction of sp³-hybridized carbons (Fsp3) is 0.909. The highest BCUT2D eigenvalue weighted by Crippen LogP contribution is 2.27. The summed E-state index contributed by atoms with van der Waals surface area (Å²) in [6.07, 6.45) is 5.28. The van der Waals surface area contributed by atoms with E-state index in [1.54, 1.807) is 7.11 Å². The van der Waals surface area contributed by atoms with Gasteiger partial charge in [0.1, 0.15) is 0 Å². The molecule has 0 bridgehead atoms. The molecule has 3 nitrogen and oxygen atoms in total. The molecule has 4 heteroatoms. The molecule has 1 fully saturated rings. The summed E-state index contributed by atoms with van der Waals surface area (Å²) in [5.41, 5.74) is 0. The molecule has 0 amide bonds. The molecule has 0 aromatic heterocycles. The molecule has 86 valence electrons. The van der Waals surface area contributed by atoms with Crippen LogP contribution in [0.3, 0.4) is 0 Å². The van der Waals surface area contributed by atoms with E-state index in [2.05, 4.69) is 17.2 Å². The lowest BCUT2D eigenvalue weighted by Gasteiger charge is -2.35. The van der Waals surface area contributed by atoms with Crippen molar-refractivity contribution in [2.24, 2.45) is 4.99 Å². The lowest BCUT2D eigenvalue weighted by atomic mass is 9.89. The van der Waals surface area contributed by atoms with Gasteiger partial charge in [-0.15, -0.1) is 0 Å². The lowest BCUT2D eigenvalue weighted by Crippen LogP contribution is -2.46. The second kappa shape index (κ2) is 5.21. The van der Waals surface area contributed by atoms with Crippen molar-refractivity contribution in [1.29, 1.82) is 0 Å². The number of aliphatic imine (C=N–C) groups is 1. The molecule has 0 radical (unpaired) electrons. The van der Waals surface area contributed by atoms with Crippen LogP contribution in [-0.4, -0.2) is 36.2 Å². The molecule has 0 saturated heterocycles. The number of thioether (sulfide) groups is 1. The summed E-state index contributed by atoms with van der Waals surface area (Å²) < 4.78 is 5.25. The van der Waals surface area contributed by atoms with Gasteiger partial charge in [-0.1, -0.05) is 25.1 Å². The Labute approximate surface area is 96.1 Å². The predicted octanol–water partition coefficient (Wildman–Crippen LogP) is 2.02. The minimum atomic E-state index is 0.473. The van der Waals surface area contributed by atoms with Crippen molar-refractivity contribution in [3.8, 4) is 0 Å². The first kappa shape index (κ1) is 11.3. The van der Waals surface area contributed by atoms with Gasteiger partial charge in [0.25, 0.3) is 0 Å². The van der Waals surface area contributed by atoms with Crippen LogP contribution < -0.4 is 5.32 Å². The summed E-state index contributed by atoms with van der Waals surface area (Å²) in [5.74, 6) is 0. The van der Waals surface area contributed by atoms with Crippen LogP contribution in [-0.2, 0) is 4.74 Å². The van der Waals surface area contributed by atoms with Crippen molar-refractivity contribution in [3.63, 3.8) is 0 Å². The zero-order valence-corrected chi connectivity index (χ0v) is 10.3. The van der Waals surface area contributed by atoms with Crippen LogP contribution in [0.2, 0.25) is 0 Å². The number of ether oxygens (including phenoxy) is 1. The van der Waals surface area contributed by atoms with E-state index in [0.29, 0.717) is 12.1 Å². The first-order valence-corrected chi connectivity index (χ1v) is 6.70. The fourth-order valence-electron chi connectivity index (χ4n) is 2.02. The van der Waals surface area contributed by atoms with Crippen LogP contribution in [0.5, 0.6) is 0 Å². The standard InChI is InChI=1S/C11H20N2OS/c1-3-4-10-7-12-11(15-10)13-8-5-9(6-8)14-2/h8-10H,3-7H2,1-2H3,(H,12,13). The highest BCUT2D eigenvalue weighted by molar-refractivity contribution is 8.14. The van der Waals surface area contributed by atoms with Gasteiger partial charge in [0, 0.05) is 18.4 Å². The Balaban J connectivity index is 1.65. The number of methoxy groups -OCH3 is 1. The number of hydrogen-bond acceptors (Lipinski definition) is 4. The molecule has 0 aromatic carbocycles. The zero-order chi connectivity index (χ0) is 10.7. The van der Waals surface area contributed by atoms with E-state index in [0.717, 1.165) is 29.8 Å². The third-order valence-corrected chi connectivity index (χ3v) is 4.27. The van der Waals surface area contributed by atoms with E-state index in [1.165, 1.54) is 12.8 Å². The molecule has 1 aliphatic carbocycles. The van der Waals surface area contributed by atoms with Gasteiger partial charge in [-0.05, 0) is 19.3 Å². The Kier molecular flexibility index (Phi) is 3.92. The number of hydrogen-bond donors (Lipinski definition) is 1. The summed E-state index contributed by atoms with van der Waals surface area (Å²) in [4.78, 5) is 4.54. The number of rotatable bonds is 4. The number of nitrogens with zero attached hydrogens (tertiary/aromatic N) is 1. The third-order valence-electron chi connectivity index (χ3n) is 3.08. The molecule has 1 unspecified atom stereocenters. The van der Waals surface area contributed by atoms with Gasteiger partial charge in [0.2, 0.25) is 0 Å². The van der Waals surface area contributed by atoms with Crippen LogP contribution >= 0.6 is 11.8 Å². The van der Waals surface area contributed by atoms with Crippen molar-refractivity contribution in [1.82, 2.24) is 5.32 Å². The third kappa shape index (κ3) is 2.88. The second-order valence-corrected chi connectivity index (χ2v) is 5.63. The van der Waals surface area contributed by atoms with Crippen molar-refractivity contribution in [2.45, 2.75) is 50.0 Å². The summed E-state index contributed by atoms with van der Waals surface area (Å²) in [7, 11) is 1.79. The normalized spacial score (nSPS) is 34.8. The van der Waals surface area contributed by atoms with Crippen molar-refractivity contribution >= 4 is 16.9 Å². The molecule has 0 aromatic rings. The zero-order valence-electron chi connectivity index (χ0n) is 9.53. The molecule has 1 atom stereocenters. The van der Waals surface area contributed by atoms with E-state index in [-0.39, 0.29) is 0 Å². The fourth-order valence-corrected chi connectivity index (χ4v) is 3.22. The topological polar surface area (TPSA) is 33.6 Å². The Hall–Kier alpha value is -0.220. The highest BCUT2D eigenvalue weighted by Gasteiger charge is 2.31. The van der Waals surface area contributed by atoms with Gasteiger partial charge in [0.15, 0.2) is 5.17 Å². The maximum Gasteiger partial charge on any atom is 0.157 e. The van der Waals surface area contributed by atoms with Gasteiger partial charge in [-0.2, -0.15) is 0 Å². The summed E-state index contributed by atoms with van der Waals surface area (Å²) in [5, 5.41) is 5.38. The Bertz CT molecular complexity index is 239. The van der Waals surface area contributed by atoms with Crippen LogP contribution in [0.25, 0.3) is 0 Å². The molecule has 1 heterocycles. The Morgan fingerprint density at radius 1 is 1.53 bits per heavy atom. The summed E-state index contributed by atoms with van der Waals surface area (Å²) >= 11 is 1.92. The maximum atomic E-state index is 5.25. The monoisotopic (exact) mass is 228 g/mol. The predicted molar refractivity (Wildman–Crippen MR) is 65.5 cm³/mol. The van der Waals surface area contributed by atoms with E-state index in [1.807, 2.05) is 11.8 Å². The molecule has 2 aliphatic rings. The van der Waals surface area contributed by atoms with Crippen LogP contribution in [0.4, 0.5) is 0 Å². The van der Waals surface area contributed by atoms with E-state index < -0.39 is 0 Å². The molecule has 0 spiro atoms. The van der Waals surface area contributed by atoms with Crippen LogP contribution in [0.15, 0.2) is 4.99 Å². The number of nitrogens with one attached hydrogen (secondary N) is 1. The number of amidine groups is 1. The van der Waals surface area contributed by atoms with E-state index >= 15 is 0 Å². The highest BCUT2D eigenvalue weighted by atomic mass is 32.2. The minimum absolute atomic E-state index is 0.473. The first-order chi connectivity index (χ1) is 7.31. The van der Waals surface area contributed by atoms with Crippen molar-refractivity contribution < 1.29 is 4.74 Å². The minimum Gasteiger partial charge on any atom is -0.381 e. The van der Waals surface area contributed by atoms with Gasteiger partial charge in [-0.3, -0.25) is 4.99 Å². The molecular formula is C11H20N2OS. The average Bonchev–Trinajstić information content (AvgIpc) is 2.59. The maximum absolute atomic E-state index is 5.25. The van der Waals surface area contributed by atoms with Crippen LogP contribution in [0.1, 0.15) is 32.6 Å². The van der Waals surface area contributed by atoms with Gasteiger partial charge in [0.05, 0.1) is 12.6 Å². The molecule has 1 aliphatic heterocycles.